The maximum absolute atomic E-state index is 13.8. The van der Waals surface area contributed by atoms with Gasteiger partial charge in [0.2, 0.25) is 5.91 Å². The lowest BCUT2D eigenvalue weighted by Gasteiger charge is -2.38. The number of para-hydroxylation sites is 1. The lowest BCUT2D eigenvalue weighted by atomic mass is 9.88. The van der Waals surface area contributed by atoms with Crippen molar-refractivity contribution in [2.45, 2.75) is 69.8 Å². The van der Waals surface area contributed by atoms with Gasteiger partial charge in [0.15, 0.2) is 0 Å². The second kappa shape index (κ2) is 14.8. The fourth-order valence-corrected chi connectivity index (χ4v) is 7.39. The molecule has 6 rings (SSSR count). The second-order valence-electron chi connectivity index (χ2n) is 13.4. The average Bonchev–Trinajstić information content (AvgIpc) is 3.70. The Kier molecular flexibility index (Phi) is 10.5. The third kappa shape index (κ3) is 8.27. The molecule has 12 heteroatoms. The van der Waals surface area contributed by atoms with Crippen LogP contribution in [0.25, 0.3) is 11.0 Å². The molecule has 0 bridgehead atoms. The van der Waals surface area contributed by atoms with E-state index < -0.39 is 12.7 Å². The maximum atomic E-state index is 13.8. The van der Waals surface area contributed by atoms with Gasteiger partial charge >= 0.3 is 6.18 Å². The van der Waals surface area contributed by atoms with E-state index in [2.05, 4.69) is 10.2 Å². The molecule has 2 aliphatic heterocycles. The number of nitrogens with zero attached hydrogens (tertiary/aromatic N) is 3. The number of aldehydes is 1. The average molecular weight is 669 g/mol. The summed E-state index contributed by atoms with van der Waals surface area (Å²) < 4.78 is 50.7. The number of carbonyl (C=O) groups is 3. The van der Waals surface area contributed by atoms with E-state index in [1.165, 1.54) is 11.2 Å². The number of furan rings is 1. The lowest BCUT2D eigenvalue weighted by molar-refractivity contribution is -0.150. The van der Waals surface area contributed by atoms with E-state index in [0.29, 0.717) is 62.6 Å². The van der Waals surface area contributed by atoms with Gasteiger partial charge in [0.1, 0.15) is 18.1 Å². The molecule has 1 saturated carbocycles. The van der Waals surface area contributed by atoms with Gasteiger partial charge in [0.05, 0.1) is 37.3 Å². The summed E-state index contributed by atoms with van der Waals surface area (Å²) in [5.41, 5.74) is 3.36. The molecular weight excluding hydrogens is 625 g/mol. The number of nitrogens with one attached hydrogen (secondary N) is 1. The Bertz CT molecular complexity index is 1590. The van der Waals surface area contributed by atoms with Crippen LogP contribution in [0.1, 0.15) is 53.6 Å². The summed E-state index contributed by atoms with van der Waals surface area (Å²) >= 11 is 0. The molecule has 3 fully saturated rings. The van der Waals surface area contributed by atoms with Crippen LogP contribution in [0.15, 0.2) is 53.1 Å². The van der Waals surface area contributed by atoms with Gasteiger partial charge in [-0.3, -0.25) is 19.4 Å². The minimum Gasteiger partial charge on any atom is -0.463 e. The van der Waals surface area contributed by atoms with Crippen LogP contribution < -0.4 is 5.32 Å². The summed E-state index contributed by atoms with van der Waals surface area (Å²) in [6, 6.07) is 12.8. The number of fused-ring (bicyclic) bond motifs is 1. The Morgan fingerprint density at radius 1 is 1.04 bits per heavy atom. The van der Waals surface area contributed by atoms with Crippen LogP contribution >= 0.6 is 0 Å². The van der Waals surface area contributed by atoms with Crippen LogP contribution in [0.5, 0.6) is 0 Å². The van der Waals surface area contributed by atoms with E-state index in [-0.39, 0.29) is 42.3 Å². The highest BCUT2D eigenvalue weighted by Crippen LogP contribution is 2.30. The molecule has 2 amide bonds. The first-order valence-corrected chi connectivity index (χ1v) is 16.8. The summed E-state index contributed by atoms with van der Waals surface area (Å²) in [4.78, 5) is 43.6. The van der Waals surface area contributed by atoms with Crippen LogP contribution in [0.4, 0.5) is 18.9 Å². The number of amides is 2. The monoisotopic (exact) mass is 668 g/mol. The van der Waals surface area contributed by atoms with Crippen LogP contribution in [-0.4, -0.2) is 103 Å². The van der Waals surface area contributed by atoms with Crippen LogP contribution in [0.2, 0.25) is 0 Å². The molecule has 258 valence electrons. The Labute approximate surface area is 278 Å². The number of ether oxygens (including phenoxy) is 1. The fourth-order valence-electron chi connectivity index (χ4n) is 7.39. The quantitative estimate of drug-likeness (QED) is 0.287. The van der Waals surface area contributed by atoms with Crippen LogP contribution in [0, 0.1) is 12.8 Å². The molecule has 48 heavy (non-hydrogen) atoms. The van der Waals surface area contributed by atoms with E-state index in [9.17, 15) is 27.6 Å². The van der Waals surface area contributed by atoms with Crippen molar-refractivity contribution in [3.05, 3.63) is 65.4 Å². The number of hydrogen-bond donors (Lipinski definition) is 1. The predicted octanol–water partition coefficient (Wildman–Crippen LogP) is 5.46. The Balaban J connectivity index is 1.09. The van der Waals surface area contributed by atoms with Crippen LogP contribution in [-0.2, 0) is 20.7 Å². The van der Waals surface area contributed by atoms with Gasteiger partial charge in [0, 0.05) is 55.8 Å². The highest BCUT2D eigenvalue weighted by Gasteiger charge is 2.40. The Morgan fingerprint density at radius 3 is 2.50 bits per heavy atom. The topological polar surface area (TPSA) is 95.3 Å². The Morgan fingerprint density at radius 2 is 1.79 bits per heavy atom. The molecule has 2 aromatic carbocycles. The van der Waals surface area contributed by atoms with Crippen molar-refractivity contribution < 1.29 is 36.7 Å². The predicted molar refractivity (Wildman–Crippen MR) is 175 cm³/mol. The van der Waals surface area contributed by atoms with Gasteiger partial charge in [-0.05, 0) is 62.3 Å². The van der Waals surface area contributed by atoms with E-state index in [0.717, 1.165) is 48.5 Å². The lowest BCUT2D eigenvalue weighted by Crippen LogP contribution is -2.52. The number of carbonyl (C=O) groups excluding carboxylic acids is 3. The number of benzene rings is 2. The summed E-state index contributed by atoms with van der Waals surface area (Å²) in [6.45, 7) is 3.59. The standard InChI is InChI=1S/C36H43F3N4O5/c1-24-16-26(8-11-32(24)40-35(46)31-22-48-33-5-3-2-4-30(31)33)17-34(45)43-19-27(42-14-12-41(13-15-42)23-36(37,38)39)18-28(43)21-47-29-9-6-25(20-44)7-10-29/h2-5,8,11,16,20,22,25,27-29H,6-7,9-10,12-15,17-19,21,23H2,1H3,(H,40,46)/t25?,27-,28-,29?/m0/s1. The van der Waals surface area contributed by atoms with Gasteiger partial charge in [-0.15, -0.1) is 0 Å². The van der Waals surface area contributed by atoms with Crippen molar-refractivity contribution in [2.24, 2.45) is 5.92 Å². The summed E-state index contributed by atoms with van der Waals surface area (Å²) in [5, 5.41) is 3.69. The second-order valence-corrected chi connectivity index (χ2v) is 13.4. The molecule has 2 saturated heterocycles. The molecule has 1 aliphatic carbocycles. The molecule has 2 atom stereocenters. The van der Waals surface area contributed by atoms with E-state index in [1.54, 1.807) is 6.07 Å². The number of piperazine rings is 1. The molecule has 3 aliphatic rings. The van der Waals surface area contributed by atoms with Gasteiger partial charge in [-0.2, -0.15) is 13.2 Å². The summed E-state index contributed by atoms with van der Waals surface area (Å²) in [6.07, 6.45) is 2.41. The number of anilines is 1. The van der Waals surface area contributed by atoms with Crippen molar-refractivity contribution in [3.8, 4) is 0 Å². The first-order chi connectivity index (χ1) is 23.1. The van der Waals surface area contributed by atoms with E-state index in [1.807, 2.05) is 48.2 Å². The number of aryl methyl sites for hydroxylation is 1. The zero-order chi connectivity index (χ0) is 33.8. The number of likely N-dealkylation sites (tertiary alicyclic amines) is 1. The van der Waals surface area contributed by atoms with E-state index >= 15 is 0 Å². The number of alkyl halides is 3. The number of rotatable bonds is 10. The summed E-state index contributed by atoms with van der Waals surface area (Å²) in [5.74, 6) is -0.229. The molecule has 0 radical (unpaired) electrons. The zero-order valence-corrected chi connectivity index (χ0v) is 27.2. The van der Waals surface area contributed by atoms with Crippen molar-refractivity contribution in [1.29, 1.82) is 0 Å². The van der Waals surface area contributed by atoms with Crippen molar-refractivity contribution >= 4 is 34.8 Å². The molecule has 1 N–H and O–H groups in total. The fraction of sp³-hybridized carbons (Fsp3) is 0.528. The SMILES string of the molecule is Cc1cc(CC(=O)N2C[C@@H](N3CCN(CC(F)(F)F)CC3)C[C@H]2COC2CCC(C=O)CC2)ccc1NC(=O)c1coc2ccccc12. The smallest absolute Gasteiger partial charge is 0.401 e. The molecule has 0 unspecified atom stereocenters. The molecule has 9 nitrogen and oxygen atoms in total. The minimum atomic E-state index is -4.22. The van der Waals surface area contributed by atoms with Gasteiger partial charge in [-0.1, -0.05) is 30.3 Å². The first kappa shape index (κ1) is 34.1. The minimum absolute atomic E-state index is 0.0347. The molecule has 3 heterocycles. The van der Waals surface area contributed by atoms with Crippen molar-refractivity contribution in [3.63, 3.8) is 0 Å². The largest absolute Gasteiger partial charge is 0.463 e. The highest BCUT2D eigenvalue weighted by molar-refractivity contribution is 6.12. The maximum Gasteiger partial charge on any atom is 0.401 e. The van der Waals surface area contributed by atoms with Gasteiger partial charge in [0.25, 0.3) is 5.91 Å². The third-order valence-corrected chi connectivity index (χ3v) is 10.1. The number of hydrogen-bond acceptors (Lipinski definition) is 7. The molecule has 3 aromatic rings. The molecular formula is C36H43F3N4O5. The molecule has 0 spiro atoms. The van der Waals surface area contributed by atoms with Crippen molar-refractivity contribution in [1.82, 2.24) is 14.7 Å². The highest BCUT2D eigenvalue weighted by atomic mass is 19.4. The summed E-state index contributed by atoms with van der Waals surface area (Å²) in [7, 11) is 0. The van der Waals surface area contributed by atoms with Crippen molar-refractivity contribution in [2.75, 3.05) is 51.2 Å². The zero-order valence-electron chi connectivity index (χ0n) is 27.2. The van der Waals surface area contributed by atoms with E-state index in [4.69, 9.17) is 9.15 Å². The Hall–Kier alpha value is -3.74. The number of halogens is 3. The molecule has 1 aromatic heterocycles. The first-order valence-electron chi connectivity index (χ1n) is 16.8. The van der Waals surface area contributed by atoms with Gasteiger partial charge in [-0.25, -0.2) is 0 Å². The van der Waals surface area contributed by atoms with Crippen LogP contribution in [0.3, 0.4) is 0 Å². The third-order valence-electron chi connectivity index (χ3n) is 10.1. The van der Waals surface area contributed by atoms with Gasteiger partial charge < -0.3 is 24.2 Å². The normalized spacial score (nSPS) is 24.2.